The van der Waals surface area contributed by atoms with E-state index in [0.29, 0.717) is 12.6 Å². The van der Waals surface area contributed by atoms with Gasteiger partial charge in [0.2, 0.25) is 0 Å². The third-order valence-electron chi connectivity index (χ3n) is 2.81. The number of amides is 1. The van der Waals surface area contributed by atoms with Gasteiger partial charge < -0.3 is 10.6 Å². The zero-order valence-corrected chi connectivity index (χ0v) is 10.5. The molecular weight excluding hydrogens is 262 g/mol. The predicted molar refractivity (Wildman–Crippen MR) is 67.0 cm³/mol. The first kappa shape index (κ1) is 14.9. The standard InChI is InChI=1S/C12H14F2N2O.ClH/c13-8-3-4-10(11(14)6-8)12(17)16-9-2-1-5-15-7-9;/h3-4,6,9,15H,1-2,5,7H2,(H,16,17);1H/t9-;/m0./s1. The van der Waals surface area contributed by atoms with Crippen molar-refractivity contribution in [1.82, 2.24) is 10.6 Å². The van der Waals surface area contributed by atoms with Crippen molar-refractivity contribution in [1.29, 1.82) is 0 Å². The highest BCUT2D eigenvalue weighted by Gasteiger charge is 2.18. The van der Waals surface area contributed by atoms with Gasteiger partial charge in [0.1, 0.15) is 11.6 Å². The Balaban J connectivity index is 0.00000162. The molecule has 0 bridgehead atoms. The maximum Gasteiger partial charge on any atom is 0.254 e. The fourth-order valence-electron chi connectivity index (χ4n) is 1.91. The van der Waals surface area contributed by atoms with Crippen molar-refractivity contribution in [3.63, 3.8) is 0 Å². The molecule has 2 rings (SSSR count). The van der Waals surface area contributed by atoms with Gasteiger partial charge in [0.05, 0.1) is 5.56 Å². The summed E-state index contributed by atoms with van der Waals surface area (Å²) in [5, 5.41) is 5.88. The summed E-state index contributed by atoms with van der Waals surface area (Å²) in [7, 11) is 0. The van der Waals surface area contributed by atoms with Crippen molar-refractivity contribution in [2.75, 3.05) is 13.1 Å². The van der Waals surface area contributed by atoms with Crippen LogP contribution in [0.3, 0.4) is 0 Å². The van der Waals surface area contributed by atoms with Crippen LogP contribution in [0.15, 0.2) is 18.2 Å². The molecule has 1 saturated heterocycles. The Bertz CT molecular complexity index is 423. The molecule has 1 amide bonds. The highest BCUT2D eigenvalue weighted by Crippen LogP contribution is 2.10. The molecule has 18 heavy (non-hydrogen) atoms. The molecular formula is C12H15ClF2N2O. The molecule has 1 aromatic carbocycles. The Kier molecular flexibility index (Phi) is 5.50. The second kappa shape index (κ2) is 6.66. The molecule has 0 spiro atoms. The Morgan fingerprint density at radius 3 is 2.78 bits per heavy atom. The Labute approximate surface area is 110 Å². The zero-order valence-electron chi connectivity index (χ0n) is 9.71. The molecule has 1 atom stereocenters. The number of benzene rings is 1. The second-order valence-corrected chi connectivity index (χ2v) is 4.14. The van der Waals surface area contributed by atoms with Gasteiger partial charge in [-0.15, -0.1) is 12.4 Å². The number of rotatable bonds is 2. The van der Waals surface area contributed by atoms with E-state index in [2.05, 4.69) is 10.6 Å². The Morgan fingerprint density at radius 1 is 1.39 bits per heavy atom. The van der Waals surface area contributed by atoms with Crippen LogP contribution < -0.4 is 10.6 Å². The molecule has 3 nitrogen and oxygen atoms in total. The molecule has 1 fully saturated rings. The van der Waals surface area contributed by atoms with Gasteiger partial charge in [-0.3, -0.25) is 4.79 Å². The lowest BCUT2D eigenvalue weighted by molar-refractivity contribution is 0.0926. The lowest BCUT2D eigenvalue weighted by atomic mass is 10.1. The number of hydrogen-bond donors (Lipinski definition) is 2. The molecule has 1 aliphatic heterocycles. The summed E-state index contributed by atoms with van der Waals surface area (Å²) < 4.78 is 26.0. The fourth-order valence-corrected chi connectivity index (χ4v) is 1.91. The van der Waals surface area contributed by atoms with Gasteiger partial charge in [0.15, 0.2) is 0 Å². The molecule has 0 saturated carbocycles. The number of piperidine rings is 1. The molecule has 0 unspecified atom stereocenters. The molecule has 1 aliphatic rings. The van der Waals surface area contributed by atoms with Crippen molar-refractivity contribution in [3.05, 3.63) is 35.4 Å². The third kappa shape index (κ3) is 3.65. The number of carbonyl (C=O) groups excluding carboxylic acids is 1. The summed E-state index contributed by atoms with van der Waals surface area (Å²) in [5.74, 6) is -2.00. The van der Waals surface area contributed by atoms with E-state index < -0.39 is 17.5 Å². The number of carbonyl (C=O) groups is 1. The predicted octanol–water partition coefficient (Wildman–Crippen LogP) is 1.87. The minimum Gasteiger partial charge on any atom is -0.348 e. The summed E-state index contributed by atoms with van der Waals surface area (Å²) in [6.07, 6.45) is 1.86. The van der Waals surface area contributed by atoms with Crippen LogP contribution in [0.5, 0.6) is 0 Å². The Morgan fingerprint density at radius 2 is 2.17 bits per heavy atom. The number of nitrogens with one attached hydrogen (secondary N) is 2. The van der Waals surface area contributed by atoms with Crippen LogP contribution in [-0.2, 0) is 0 Å². The van der Waals surface area contributed by atoms with Crippen LogP contribution in [0.2, 0.25) is 0 Å². The zero-order chi connectivity index (χ0) is 12.3. The molecule has 2 N–H and O–H groups in total. The van der Waals surface area contributed by atoms with E-state index in [-0.39, 0.29) is 24.0 Å². The summed E-state index contributed by atoms with van der Waals surface area (Å²) in [6.45, 7) is 1.63. The number of hydrogen-bond acceptors (Lipinski definition) is 2. The van der Waals surface area contributed by atoms with Crippen LogP contribution in [0, 0.1) is 11.6 Å². The molecule has 0 radical (unpaired) electrons. The van der Waals surface area contributed by atoms with Gasteiger partial charge in [-0.2, -0.15) is 0 Å². The van der Waals surface area contributed by atoms with Gasteiger partial charge in [0, 0.05) is 18.7 Å². The van der Waals surface area contributed by atoms with Crippen LogP contribution >= 0.6 is 12.4 Å². The maximum absolute atomic E-state index is 13.3. The molecule has 0 aliphatic carbocycles. The minimum atomic E-state index is -0.828. The quantitative estimate of drug-likeness (QED) is 0.866. The maximum atomic E-state index is 13.3. The monoisotopic (exact) mass is 276 g/mol. The SMILES string of the molecule is Cl.O=C(N[C@H]1CCCNC1)c1ccc(F)cc1F. The van der Waals surface area contributed by atoms with Gasteiger partial charge in [-0.05, 0) is 31.5 Å². The van der Waals surface area contributed by atoms with Gasteiger partial charge in [0.25, 0.3) is 5.91 Å². The summed E-state index contributed by atoms with van der Waals surface area (Å²) in [5.41, 5.74) is -0.114. The van der Waals surface area contributed by atoms with Crippen LogP contribution in [0.25, 0.3) is 0 Å². The van der Waals surface area contributed by atoms with Gasteiger partial charge in [-0.25, -0.2) is 8.78 Å². The Hall–Kier alpha value is -1.20. The summed E-state index contributed by atoms with van der Waals surface area (Å²) >= 11 is 0. The molecule has 1 aromatic rings. The normalized spacial score (nSPS) is 18.9. The first-order chi connectivity index (χ1) is 8.16. The third-order valence-corrected chi connectivity index (χ3v) is 2.81. The average molecular weight is 277 g/mol. The molecule has 100 valence electrons. The van der Waals surface area contributed by atoms with E-state index in [1.807, 2.05) is 0 Å². The molecule has 0 aromatic heterocycles. The van der Waals surface area contributed by atoms with E-state index in [0.717, 1.165) is 31.5 Å². The lowest BCUT2D eigenvalue weighted by Crippen LogP contribution is -2.45. The van der Waals surface area contributed by atoms with Crippen molar-refractivity contribution in [3.8, 4) is 0 Å². The fraction of sp³-hybridized carbons (Fsp3) is 0.417. The average Bonchev–Trinajstić information content (AvgIpc) is 2.30. The van der Waals surface area contributed by atoms with E-state index in [1.165, 1.54) is 0 Å². The smallest absolute Gasteiger partial charge is 0.254 e. The van der Waals surface area contributed by atoms with Crippen molar-refractivity contribution >= 4 is 18.3 Å². The highest BCUT2D eigenvalue weighted by molar-refractivity contribution is 5.94. The van der Waals surface area contributed by atoms with Crippen molar-refractivity contribution in [2.24, 2.45) is 0 Å². The van der Waals surface area contributed by atoms with Crippen LogP contribution in [0.1, 0.15) is 23.2 Å². The van der Waals surface area contributed by atoms with Crippen molar-refractivity contribution in [2.45, 2.75) is 18.9 Å². The first-order valence-corrected chi connectivity index (χ1v) is 5.63. The van der Waals surface area contributed by atoms with E-state index >= 15 is 0 Å². The summed E-state index contributed by atoms with van der Waals surface area (Å²) in [4.78, 5) is 11.7. The molecule has 6 heteroatoms. The first-order valence-electron chi connectivity index (χ1n) is 5.63. The van der Waals surface area contributed by atoms with Crippen LogP contribution in [-0.4, -0.2) is 25.0 Å². The molecule has 1 heterocycles. The van der Waals surface area contributed by atoms with Gasteiger partial charge in [-0.1, -0.05) is 0 Å². The minimum absolute atomic E-state index is 0. The number of halogens is 3. The topological polar surface area (TPSA) is 41.1 Å². The highest BCUT2D eigenvalue weighted by atomic mass is 35.5. The van der Waals surface area contributed by atoms with Crippen LogP contribution in [0.4, 0.5) is 8.78 Å². The lowest BCUT2D eigenvalue weighted by Gasteiger charge is -2.23. The van der Waals surface area contributed by atoms with Gasteiger partial charge >= 0.3 is 0 Å². The second-order valence-electron chi connectivity index (χ2n) is 4.14. The van der Waals surface area contributed by atoms with E-state index in [4.69, 9.17) is 0 Å². The van der Waals surface area contributed by atoms with E-state index in [9.17, 15) is 13.6 Å². The van der Waals surface area contributed by atoms with Crippen molar-refractivity contribution < 1.29 is 13.6 Å². The summed E-state index contributed by atoms with van der Waals surface area (Å²) in [6, 6.07) is 2.97. The van der Waals surface area contributed by atoms with E-state index in [1.54, 1.807) is 0 Å². The largest absolute Gasteiger partial charge is 0.348 e.